The summed E-state index contributed by atoms with van der Waals surface area (Å²) in [5.74, 6) is 2.72. The number of aryl methyl sites for hydroxylation is 1. The van der Waals surface area contributed by atoms with Crippen molar-refractivity contribution in [2.75, 3.05) is 39.7 Å². The van der Waals surface area contributed by atoms with E-state index in [9.17, 15) is 4.79 Å². The van der Waals surface area contributed by atoms with Crippen LogP contribution in [0.5, 0.6) is 17.2 Å². The first-order chi connectivity index (χ1) is 15.0. The lowest BCUT2D eigenvalue weighted by Gasteiger charge is -2.14. The summed E-state index contributed by atoms with van der Waals surface area (Å²) in [5.41, 5.74) is 1.94. The second-order valence-corrected chi connectivity index (χ2v) is 6.67. The van der Waals surface area contributed by atoms with Gasteiger partial charge in [-0.15, -0.1) is 0 Å². The van der Waals surface area contributed by atoms with E-state index in [0.29, 0.717) is 48.7 Å². The Kier molecular flexibility index (Phi) is 9.41. The van der Waals surface area contributed by atoms with Crippen molar-refractivity contribution in [2.45, 2.75) is 26.8 Å². The van der Waals surface area contributed by atoms with E-state index in [1.807, 2.05) is 32.0 Å². The van der Waals surface area contributed by atoms with Crippen LogP contribution in [0.3, 0.4) is 0 Å². The van der Waals surface area contributed by atoms with Crippen molar-refractivity contribution in [3.63, 3.8) is 0 Å². The Morgan fingerprint density at radius 3 is 2.32 bits per heavy atom. The summed E-state index contributed by atoms with van der Waals surface area (Å²) < 4.78 is 16.1. The highest BCUT2D eigenvalue weighted by atomic mass is 16.5. The molecule has 0 aliphatic heterocycles. The third-order valence-electron chi connectivity index (χ3n) is 4.31. The molecule has 168 valence electrons. The summed E-state index contributed by atoms with van der Waals surface area (Å²) in [6.45, 7) is 5.44. The van der Waals surface area contributed by atoms with E-state index in [-0.39, 0.29) is 12.3 Å². The summed E-state index contributed by atoms with van der Waals surface area (Å²) in [6.07, 6.45) is 2.00. The van der Waals surface area contributed by atoms with Gasteiger partial charge in [0.05, 0.1) is 27.9 Å². The number of pyridine rings is 1. The molecule has 0 saturated carbocycles. The number of hydrogen-bond donors (Lipinski definition) is 3. The lowest BCUT2D eigenvalue weighted by Crippen LogP contribution is -2.38. The van der Waals surface area contributed by atoms with Crippen LogP contribution in [0.1, 0.15) is 24.5 Å². The molecule has 0 radical (unpaired) electrons. The average molecular weight is 430 g/mol. The Morgan fingerprint density at radius 2 is 1.77 bits per heavy atom. The number of carbonyl (C=O) groups excluding carboxylic acids is 1. The number of benzene rings is 1. The van der Waals surface area contributed by atoms with Gasteiger partial charge in [-0.05, 0) is 43.2 Å². The summed E-state index contributed by atoms with van der Waals surface area (Å²) >= 11 is 0. The lowest BCUT2D eigenvalue weighted by atomic mass is 10.2. The fraction of sp³-hybridized carbons (Fsp3) is 0.409. The number of rotatable bonds is 10. The van der Waals surface area contributed by atoms with Crippen LogP contribution in [-0.4, -0.2) is 51.3 Å². The zero-order valence-electron chi connectivity index (χ0n) is 18.7. The number of hydrogen-bond acceptors (Lipinski definition) is 6. The van der Waals surface area contributed by atoms with Crippen molar-refractivity contribution in [2.24, 2.45) is 4.99 Å². The Morgan fingerprint density at radius 1 is 1.06 bits per heavy atom. The molecule has 0 unspecified atom stereocenters. The summed E-state index contributed by atoms with van der Waals surface area (Å²) in [7, 11) is 4.72. The molecule has 1 aromatic carbocycles. The minimum atomic E-state index is -0.121. The van der Waals surface area contributed by atoms with Gasteiger partial charge in [-0.2, -0.15) is 0 Å². The van der Waals surface area contributed by atoms with Crippen LogP contribution >= 0.6 is 0 Å². The molecule has 1 aromatic heterocycles. The molecule has 2 rings (SSSR count). The van der Waals surface area contributed by atoms with E-state index in [1.54, 1.807) is 33.6 Å². The zero-order valence-corrected chi connectivity index (χ0v) is 18.7. The molecular formula is C22H31N5O4. The van der Waals surface area contributed by atoms with Gasteiger partial charge in [-0.1, -0.05) is 6.07 Å². The standard InChI is InChI=1S/C22H31N5O4/c1-6-23-22(24-10-9-20(28)27-19-8-7-15(2)13-25-19)26-14-16-11-17(29-3)21(31-5)18(12-16)30-4/h7-8,11-13H,6,9-10,14H2,1-5H3,(H2,23,24,26)(H,25,27,28). The number of carbonyl (C=O) groups is 1. The van der Waals surface area contributed by atoms with Crippen LogP contribution in [0, 0.1) is 6.92 Å². The maximum Gasteiger partial charge on any atom is 0.227 e. The Bertz CT molecular complexity index is 859. The molecule has 0 saturated heterocycles. The van der Waals surface area contributed by atoms with E-state index in [0.717, 1.165) is 11.1 Å². The zero-order chi connectivity index (χ0) is 22.6. The molecule has 0 spiro atoms. The third kappa shape index (κ3) is 7.36. The van der Waals surface area contributed by atoms with Gasteiger partial charge in [0, 0.05) is 25.7 Å². The molecule has 1 heterocycles. The molecule has 0 aliphatic rings. The largest absolute Gasteiger partial charge is 0.493 e. The predicted octanol–water partition coefficient (Wildman–Crippen LogP) is 2.50. The van der Waals surface area contributed by atoms with Crippen LogP contribution in [-0.2, 0) is 11.3 Å². The van der Waals surface area contributed by atoms with Crippen LogP contribution in [0.15, 0.2) is 35.5 Å². The smallest absolute Gasteiger partial charge is 0.227 e. The highest BCUT2D eigenvalue weighted by Gasteiger charge is 2.13. The SMILES string of the molecule is CCNC(=NCc1cc(OC)c(OC)c(OC)c1)NCCC(=O)Nc1ccc(C)cn1. The van der Waals surface area contributed by atoms with E-state index >= 15 is 0 Å². The fourth-order valence-electron chi connectivity index (χ4n) is 2.78. The minimum Gasteiger partial charge on any atom is -0.493 e. The van der Waals surface area contributed by atoms with E-state index < -0.39 is 0 Å². The number of ether oxygens (including phenoxy) is 3. The predicted molar refractivity (Wildman–Crippen MR) is 121 cm³/mol. The molecule has 0 bridgehead atoms. The molecule has 31 heavy (non-hydrogen) atoms. The minimum absolute atomic E-state index is 0.121. The van der Waals surface area contributed by atoms with Crippen LogP contribution in [0.25, 0.3) is 0 Å². The van der Waals surface area contributed by atoms with Gasteiger partial charge >= 0.3 is 0 Å². The van der Waals surface area contributed by atoms with Gasteiger partial charge in [0.2, 0.25) is 11.7 Å². The van der Waals surface area contributed by atoms with Crippen molar-refractivity contribution >= 4 is 17.7 Å². The number of aromatic nitrogens is 1. The molecular weight excluding hydrogens is 398 g/mol. The first kappa shape index (κ1) is 23.8. The van der Waals surface area contributed by atoms with Crippen LogP contribution in [0.4, 0.5) is 5.82 Å². The summed E-state index contributed by atoms with van der Waals surface area (Å²) in [4.78, 5) is 20.9. The van der Waals surface area contributed by atoms with Gasteiger partial charge in [0.15, 0.2) is 17.5 Å². The van der Waals surface area contributed by atoms with E-state index in [2.05, 4.69) is 25.9 Å². The topological polar surface area (TPSA) is 106 Å². The van der Waals surface area contributed by atoms with Crippen molar-refractivity contribution < 1.29 is 19.0 Å². The number of amides is 1. The fourth-order valence-corrected chi connectivity index (χ4v) is 2.78. The Labute approximate surface area is 183 Å². The molecule has 3 N–H and O–H groups in total. The summed E-state index contributed by atoms with van der Waals surface area (Å²) in [5, 5.41) is 9.12. The third-order valence-corrected chi connectivity index (χ3v) is 4.31. The Balaban J connectivity index is 1.95. The van der Waals surface area contributed by atoms with Crippen molar-refractivity contribution in [1.29, 1.82) is 0 Å². The normalized spacial score (nSPS) is 10.9. The molecule has 0 fully saturated rings. The molecule has 0 atom stereocenters. The monoisotopic (exact) mass is 429 g/mol. The average Bonchev–Trinajstić information content (AvgIpc) is 2.78. The van der Waals surface area contributed by atoms with E-state index in [4.69, 9.17) is 14.2 Å². The van der Waals surface area contributed by atoms with Gasteiger partial charge < -0.3 is 30.2 Å². The maximum absolute atomic E-state index is 12.1. The number of methoxy groups -OCH3 is 3. The Hall–Kier alpha value is -3.49. The molecule has 2 aromatic rings. The second-order valence-electron chi connectivity index (χ2n) is 6.67. The van der Waals surface area contributed by atoms with Crippen LogP contribution < -0.4 is 30.2 Å². The lowest BCUT2D eigenvalue weighted by molar-refractivity contribution is -0.116. The van der Waals surface area contributed by atoms with Crippen molar-refractivity contribution in [3.8, 4) is 17.2 Å². The summed E-state index contributed by atoms with van der Waals surface area (Å²) in [6, 6.07) is 7.40. The number of anilines is 1. The number of guanidine groups is 1. The van der Waals surface area contributed by atoms with Crippen LogP contribution in [0.2, 0.25) is 0 Å². The molecule has 9 nitrogen and oxygen atoms in total. The van der Waals surface area contributed by atoms with Gasteiger partial charge in [0.25, 0.3) is 0 Å². The van der Waals surface area contributed by atoms with E-state index in [1.165, 1.54) is 0 Å². The molecule has 0 aliphatic carbocycles. The first-order valence-corrected chi connectivity index (χ1v) is 10.0. The second kappa shape index (κ2) is 12.3. The number of nitrogens with one attached hydrogen (secondary N) is 3. The first-order valence-electron chi connectivity index (χ1n) is 10.0. The van der Waals surface area contributed by atoms with Gasteiger partial charge in [0.1, 0.15) is 5.82 Å². The van der Waals surface area contributed by atoms with Crippen molar-refractivity contribution in [3.05, 3.63) is 41.6 Å². The van der Waals surface area contributed by atoms with Gasteiger partial charge in [-0.3, -0.25) is 4.79 Å². The highest BCUT2D eigenvalue weighted by molar-refractivity contribution is 5.90. The van der Waals surface area contributed by atoms with Gasteiger partial charge in [-0.25, -0.2) is 9.98 Å². The highest BCUT2D eigenvalue weighted by Crippen LogP contribution is 2.38. The number of aliphatic imine (C=N–C) groups is 1. The quantitative estimate of drug-likeness (QED) is 0.394. The molecule has 1 amide bonds. The maximum atomic E-state index is 12.1. The van der Waals surface area contributed by atoms with Crippen molar-refractivity contribution in [1.82, 2.24) is 15.6 Å². The number of nitrogens with zero attached hydrogens (tertiary/aromatic N) is 2. The molecule has 9 heteroatoms.